The van der Waals surface area contributed by atoms with E-state index in [1.165, 1.54) is 6.07 Å². The van der Waals surface area contributed by atoms with Crippen molar-refractivity contribution in [3.05, 3.63) is 35.7 Å². The lowest BCUT2D eigenvalue weighted by atomic mass is 9.99. The topological polar surface area (TPSA) is 87.3 Å². The highest BCUT2D eigenvalue weighted by Gasteiger charge is 2.36. The Morgan fingerprint density at radius 1 is 1.16 bits per heavy atom. The average molecular weight is 447 g/mol. The fourth-order valence-corrected chi connectivity index (χ4v) is 4.56. The first-order chi connectivity index (χ1) is 15.3. The number of aliphatic hydroxyl groups is 1. The average Bonchev–Trinajstić information content (AvgIpc) is 3.51. The quantitative estimate of drug-likeness (QED) is 0.634. The number of rotatable bonds is 4. The van der Waals surface area contributed by atoms with Crippen LogP contribution in [0.2, 0.25) is 0 Å². The van der Waals surface area contributed by atoms with E-state index >= 15 is 0 Å². The molecule has 7 nitrogen and oxygen atoms in total. The smallest absolute Gasteiger partial charge is 0.416 e. The van der Waals surface area contributed by atoms with E-state index in [1.807, 2.05) is 4.57 Å². The number of halogens is 3. The van der Waals surface area contributed by atoms with E-state index in [-0.39, 0.29) is 17.5 Å². The predicted molar refractivity (Wildman–Crippen MR) is 111 cm³/mol. The number of hydrogen-bond acceptors (Lipinski definition) is 6. The Hall–Kier alpha value is -2.72. The predicted octanol–water partition coefficient (Wildman–Crippen LogP) is 3.72. The van der Waals surface area contributed by atoms with Crippen LogP contribution in [0.1, 0.15) is 49.3 Å². The number of hydrogen-bond donors (Lipinski definition) is 2. The van der Waals surface area contributed by atoms with Crippen LogP contribution in [0.5, 0.6) is 5.75 Å². The maximum Gasteiger partial charge on any atom is 0.416 e. The Labute approximate surface area is 182 Å². The number of alkyl halides is 3. The molecule has 3 heterocycles. The molecule has 3 aromatic rings. The zero-order chi connectivity index (χ0) is 22.6. The third-order valence-electron chi connectivity index (χ3n) is 6.52. The number of likely N-dealkylation sites (N-methyl/N-ethyl adjacent to an activating group) is 1. The number of phenols is 1. The van der Waals surface area contributed by atoms with Gasteiger partial charge in [0.2, 0.25) is 0 Å². The maximum absolute atomic E-state index is 13.0. The molecule has 0 radical (unpaired) electrons. The van der Waals surface area contributed by atoms with E-state index in [2.05, 4.69) is 27.0 Å². The third kappa shape index (κ3) is 3.61. The van der Waals surface area contributed by atoms with Gasteiger partial charge in [-0.1, -0.05) is 6.92 Å². The van der Waals surface area contributed by atoms with Gasteiger partial charge in [0.25, 0.3) is 0 Å². The first-order valence-electron chi connectivity index (χ1n) is 10.8. The van der Waals surface area contributed by atoms with E-state index in [0.717, 1.165) is 37.6 Å². The number of fused-ring (bicyclic) bond motifs is 1. The maximum atomic E-state index is 13.0. The summed E-state index contributed by atoms with van der Waals surface area (Å²) in [5, 5.41) is 29.7. The number of aromatic nitrogens is 4. The molecule has 0 spiro atoms. The van der Waals surface area contributed by atoms with Gasteiger partial charge in [-0.05, 0) is 49.9 Å². The second kappa shape index (κ2) is 7.70. The normalized spacial score (nSPS) is 22.5. The Morgan fingerprint density at radius 3 is 2.59 bits per heavy atom. The van der Waals surface area contributed by atoms with Gasteiger partial charge in [-0.15, -0.1) is 10.2 Å². The summed E-state index contributed by atoms with van der Waals surface area (Å²) in [6.45, 7) is 4.46. The lowest BCUT2D eigenvalue weighted by Gasteiger charge is -2.36. The summed E-state index contributed by atoms with van der Waals surface area (Å²) in [5.41, 5.74) is 1.61. The molecule has 2 aliphatic rings. The number of nitrogens with zero attached hydrogens (tertiary/aromatic N) is 5. The van der Waals surface area contributed by atoms with Crippen molar-refractivity contribution in [3.63, 3.8) is 0 Å². The van der Waals surface area contributed by atoms with Crippen molar-refractivity contribution in [1.82, 2.24) is 24.6 Å². The highest BCUT2D eigenvalue weighted by molar-refractivity contribution is 5.84. The monoisotopic (exact) mass is 447 g/mol. The zero-order valence-electron chi connectivity index (χ0n) is 17.5. The lowest BCUT2D eigenvalue weighted by Crippen LogP contribution is -2.43. The summed E-state index contributed by atoms with van der Waals surface area (Å²) in [5.74, 6) is -0.326. The van der Waals surface area contributed by atoms with Crippen molar-refractivity contribution < 1.29 is 23.4 Å². The zero-order valence-corrected chi connectivity index (χ0v) is 17.5. The summed E-state index contributed by atoms with van der Waals surface area (Å²) in [6, 6.07) is 2.68. The minimum Gasteiger partial charge on any atom is -0.507 e. The van der Waals surface area contributed by atoms with Crippen molar-refractivity contribution in [2.24, 2.45) is 0 Å². The van der Waals surface area contributed by atoms with E-state index in [0.29, 0.717) is 35.9 Å². The molecule has 2 atom stereocenters. The SMILES string of the molecule is CCN1CC[C@@H](O)[C@@H](n2cnc3c(C4CC4)c(-c4ccc(C(F)(F)F)cc4O)nnc32)C1. The van der Waals surface area contributed by atoms with Crippen LogP contribution < -0.4 is 0 Å². The minimum absolute atomic E-state index is 0.163. The third-order valence-corrected chi connectivity index (χ3v) is 6.52. The molecule has 1 aliphatic carbocycles. The molecule has 170 valence electrons. The number of phenolic OH excluding ortho intramolecular Hbond substituents is 1. The van der Waals surface area contributed by atoms with Gasteiger partial charge in [0, 0.05) is 24.2 Å². The lowest BCUT2D eigenvalue weighted by molar-refractivity contribution is -0.137. The molecule has 1 saturated heterocycles. The van der Waals surface area contributed by atoms with Crippen molar-refractivity contribution in [2.75, 3.05) is 19.6 Å². The van der Waals surface area contributed by atoms with Crippen LogP contribution in [-0.4, -0.2) is 60.6 Å². The first-order valence-corrected chi connectivity index (χ1v) is 10.8. The largest absolute Gasteiger partial charge is 0.507 e. The van der Waals surface area contributed by atoms with Crippen molar-refractivity contribution in [3.8, 4) is 17.0 Å². The van der Waals surface area contributed by atoms with Crippen LogP contribution in [0.3, 0.4) is 0 Å². The van der Waals surface area contributed by atoms with Gasteiger partial charge in [0.15, 0.2) is 5.65 Å². The second-order valence-electron chi connectivity index (χ2n) is 8.61. The molecule has 2 aromatic heterocycles. The van der Waals surface area contributed by atoms with Crippen molar-refractivity contribution in [1.29, 1.82) is 0 Å². The minimum atomic E-state index is -4.54. The molecular weight excluding hydrogens is 423 g/mol. The van der Waals surface area contributed by atoms with Crippen LogP contribution in [0.25, 0.3) is 22.4 Å². The molecule has 5 rings (SSSR count). The Bertz CT molecular complexity index is 1160. The summed E-state index contributed by atoms with van der Waals surface area (Å²) in [6.07, 6.45) is -0.931. The number of aliphatic hydroxyl groups excluding tert-OH is 1. The number of aromatic hydroxyl groups is 1. The Morgan fingerprint density at radius 2 is 1.94 bits per heavy atom. The highest BCUT2D eigenvalue weighted by Crippen LogP contribution is 2.48. The van der Waals surface area contributed by atoms with Crippen LogP contribution in [-0.2, 0) is 6.18 Å². The molecule has 10 heteroatoms. The number of piperidine rings is 1. The second-order valence-corrected chi connectivity index (χ2v) is 8.61. The molecule has 32 heavy (non-hydrogen) atoms. The van der Waals surface area contributed by atoms with Crippen LogP contribution in [0.15, 0.2) is 24.5 Å². The molecule has 1 saturated carbocycles. The number of imidazole rings is 1. The number of benzene rings is 1. The van der Waals surface area contributed by atoms with Gasteiger partial charge in [-0.25, -0.2) is 4.98 Å². The van der Waals surface area contributed by atoms with Crippen LogP contribution in [0.4, 0.5) is 13.2 Å². The molecule has 2 N–H and O–H groups in total. The van der Waals surface area contributed by atoms with Gasteiger partial charge in [0.1, 0.15) is 17.0 Å². The van der Waals surface area contributed by atoms with Crippen molar-refractivity contribution >= 4 is 11.2 Å². The van der Waals surface area contributed by atoms with E-state index in [1.54, 1.807) is 6.33 Å². The van der Waals surface area contributed by atoms with Gasteiger partial charge >= 0.3 is 6.18 Å². The summed E-state index contributed by atoms with van der Waals surface area (Å²) < 4.78 is 40.9. The van der Waals surface area contributed by atoms with Crippen LogP contribution in [0, 0.1) is 0 Å². The van der Waals surface area contributed by atoms with E-state index < -0.39 is 23.6 Å². The fraction of sp³-hybridized carbons (Fsp3) is 0.500. The molecule has 2 fully saturated rings. The van der Waals surface area contributed by atoms with Crippen molar-refractivity contribution in [2.45, 2.75) is 50.4 Å². The standard InChI is InChI=1S/C22H24F3N5O2/c1-2-29-8-7-16(31)15(10-29)30-11-26-20-18(12-3-4-12)19(27-28-21(20)30)14-6-5-13(9-17(14)32)22(23,24)25/h5-6,9,11-12,15-16,31-32H,2-4,7-8,10H2,1H3/t15-,16+/m0/s1. The van der Waals surface area contributed by atoms with Crippen LogP contribution >= 0.6 is 0 Å². The van der Waals surface area contributed by atoms with Gasteiger partial charge in [-0.3, -0.25) is 0 Å². The molecule has 0 amide bonds. The molecule has 0 unspecified atom stereocenters. The van der Waals surface area contributed by atoms with Gasteiger partial charge < -0.3 is 19.7 Å². The summed E-state index contributed by atoms with van der Waals surface area (Å²) >= 11 is 0. The summed E-state index contributed by atoms with van der Waals surface area (Å²) in [7, 11) is 0. The molecule has 1 aliphatic heterocycles. The molecular formula is C22H24F3N5O2. The van der Waals surface area contributed by atoms with E-state index in [4.69, 9.17) is 0 Å². The van der Waals surface area contributed by atoms with Gasteiger partial charge in [-0.2, -0.15) is 13.2 Å². The molecule has 1 aromatic carbocycles. The number of likely N-dealkylation sites (tertiary alicyclic amines) is 1. The van der Waals surface area contributed by atoms with E-state index in [9.17, 15) is 23.4 Å². The fourth-order valence-electron chi connectivity index (χ4n) is 4.56. The highest BCUT2D eigenvalue weighted by atomic mass is 19.4. The Kier molecular flexibility index (Phi) is 5.09. The summed E-state index contributed by atoms with van der Waals surface area (Å²) in [4.78, 5) is 6.84. The first kappa shape index (κ1) is 21.1. The Balaban J connectivity index is 1.60. The molecule has 0 bridgehead atoms. The van der Waals surface area contributed by atoms with Gasteiger partial charge in [0.05, 0.1) is 24.0 Å².